The van der Waals surface area contributed by atoms with Crippen LogP contribution in [-0.4, -0.2) is 35.6 Å². The Morgan fingerprint density at radius 2 is 0.836 bits per heavy atom. The number of hydrogen-bond acceptors (Lipinski definition) is 4. The Bertz CT molecular complexity index is 900. The summed E-state index contributed by atoms with van der Waals surface area (Å²) in [6, 6.07) is 0. The van der Waals surface area contributed by atoms with Gasteiger partial charge in [0.2, 0.25) is 5.91 Å². The quantitative estimate of drug-likeness (QED) is 0.0365. The van der Waals surface area contributed by atoms with Crippen LogP contribution in [-0.2, 0) is 19.1 Å². The highest BCUT2D eigenvalue weighted by Gasteiger charge is 2.14. The first kappa shape index (κ1) is 52.9. The van der Waals surface area contributed by atoms with Crippen molar-refractivity contribution in [2.75, 3.05) is 6.54 Å². The average Bonchev–Trinajstić information content (AvgIpc) is 3.17. The molecule has 0 aliphatic heterocycles. The van der Waals surface area contributed by atoms with E-state index in [9.17, 15) is 14.4 Å². The molecule has 322 valence electrons. The molecule has 0 aliphatic rings. The zero-order chi connectivity index (χ0) is 40.1. The monoisotopic (exact) mass is 774 g/mol. The van der Waals surface area contributed by atoms with Gasteiger partial charge in [0.1, 0.15) is 12.6 Å². The topological polar surface area (TPSA) is 92.7 Å². The van der Waals surface area contributed by atoms with E-state index in [1.807, 2.05) is 0 Å². The summed E-state index contributed by atoms with van der Waals surface area (Å²) in [5.74, 6) is -1.22. The molecule has 6 heteroatoms. The molecule has 6 nitrogen and oxygen atoms in total. The summed E-state index contributed by atoms with van der Waals surface area (Å²) in [7, 11) is 0. The van der Waals surface area contributed by atoms with Gasteiger partial charge in [0.15, 0.2) is 0 Å². The number of hydrogen-bond donors (Lipinski definition) is 2. The van der Waals surface area contributed by atoms with Crippen molar-refractivity contribution in [1.29, 1.82) is 0 Å². The van der Waals surface area contributed by atoms with Crippen LogP contribution in [0.25, 0.3) is 0 Å². The highest BCUT2D eigenvalue weighted by Crippen LogP contribution is 2.19. The highest BCUT2D eigenvalue weighted by molar-refractivity contribution is 5.80. The van der Waals surface area contributed by atoms with Gasteiger partial charge in [-0.15, -0.1) is 0 Å². The standard InChI is InChI=1S/C49H91NO5/c1-3-5-7-9-11-13-15-17-19-20-21-23-25-27-29-31-36-40-44-49(54)55-46(42-38-34-32-35-39-43-47(51)50-45-48(52)53)41-37-33-30-28-26-24-22-18-16-14-12-10-8-6-4-2/h13,15,19-20,46H,3-12,14,16-18,21-45H2,1-2H3,(H,50,51)(H,52,53)/b15-13-,20-19-. The van der Waals surface area contributed by atoms with E-state index in [4.69, 9.17) is 9.84 Å². The Morgan fingerprint density at radius 1 is 0.473 bits per heavy atom. The number of ether oxygens (including phenoxy) is 1. The van der Waals surface area contributed by atoms with Crippen LogP contribution in [0.3, 0.4) is 0 Å². The van der Waals surface area contributed by atoms with Crippen LogP contribution in [0, 0.1) is 0 Å². The summed E-state index contributed by atoms with van der Waals surface area (Å²) in [5, 5.41) is 11.1. The summed E-state index contributed by atoms with van der Waals surface area (Å²) in [6.07, 6.45) is 54.5. The van der Waals surface area contributed by atoms with Crippen molar-refractivity contribution in [3.05, 3.63) is 24.3 Å². The van der Waals surface area contributed by atoms with Crippen molar-refractivity contribution in [1.82, 2.24) is 5.32 Å². The van der Waals surface area contributed by atoms with E-state index in [0.717, 1.165) is 70.6 Å². The lowest BCUT2D eigenvalue weighted by atomic mass is 10.0. The number of carbonyl (C=O) groups is 3. The van der Waals surface area contributed by atoms with E-state index in [1.165, 1.54) is 161 Å². The molecule has 1 atom stereocenters. The Balaban J connectivity index is 4.14. The number of carboxylic acids is 1. The SMILES string of the molecule is CCCCCC/C=C\C/C=C\CCCCCCCCCC(=O)OC(CCCCCCCCCCCCCCCCC)CCCCCCCC(=O)NCC(=O)O. The minimum atomic E-state index is -1.01. The van der Waals surface area contributed by atoms with Crippen LogP contribution in [0.15, 0.2) is 24.3 Å². The van der Waals surface area contributed by atoms with Crippen molar-refractivity contribution in [2.45, 2.75) is 264 Å². The lowest BCUT2D eigenvalue weighted by molar-refractivity contribution is -0.150. The fourth-order valence-corrected chi connectivity index (χ4v) is 7.31. The molecule has 1 unspecified atom stereocenters. The number of allylic oxidation sites excluding steroid dienone is 4. The molecule has 55 heavy (non-hydrogen) atoms. The molecular formula is C49H91NO5. The molecule has 0 spiro atoms. The van der Waals surface area contributed by atoms with E-state index < -0.39 is 5.97 Å². The minimum absolute atomic E-state index is 0.0172. The maximum Gasteiger partial charge on any atom is 0.322 e. The molecular weight excluding hydrogens is 683 g/mol. The fourth-order valence-electron chi connectivity index (χ4n) is 7.31. The smallest absolute Gasteiger partial charge is 0.322 e. The van der Waals surface area contributed by atoms with Gasteiger partial charge in [0.05, 0.1) is 0 Å². The van der Waals surface area contributed by atoms with Crippen LogP contribution < -0.4 is 5.32 Å². The maximum absolute atomic E-state index is 12.8. The van der Waals surface area contributed by atoms with E-state index in [1.54, 1.807) is 0 Å². The summed E-state index contributed by atoms with van der Waals surface area (Å²) >= 11 is 0. The summed E-state index contributed by atoms with van der Waals surface area (Å²) in [4.78, 5) is 35.1. The Morgan fingerprint density at radius 3 is 1.27 bits per heavy atom. The molecule has 0 saturated heterocycles. The zero-order valence-electron chi connectivity index (χ0n) is 36.5. The lowest BCUT2D eigenvalue weighted by Crippen LogP contribution is -2.28. The number of carbonyl (C=O) groups excluding carboxylic acids is 2. The van der Waals surface area contributed by atoms with E-state index >= 15 is 0 Å². The first-order valence-electron chi connectivity index (χ1n) is 24.0. The average molecular weight is 774 g/mol. The summed E-state index contributed by atoms with van der Waals surface area (Å²) in [5.41, 5.74) is 0. The molecule has 0 fully saturated rings. The Kier molecular flexibility index (Phi) is 42.9. The Hall–Kier alpha value is -2.11. The van der Waals surface area contributed by atoms with Gasteiger partial charge in [-0.2, -0.15) is 0 Å². The van der Waals surface area contributed by atoms with Crippen molar-refractivity contribution >= 4 is 17.8 Å². The third-order valence-corrected chi connectivity index (χ3v) is 10.9. The van der Waals surface area contributed by atoms with Crippen molar-refractivity contribution < 1.29 is 24.2 Å². The molecule has 0 aliphatic carbocycles. The second kappa shape index (κ2) is 44.6. The normalized spacial score (nSPS) is 12.2. The second-order valence-corrected chi connectivity index (χ2v) is 16.4. The maximum atomic E-state index is 12.8. The molecule has 0 rings (SSSR count). The molecule has 0 saturated carbocycles. The minimum Gasteiger partial charge on any atom is -0.480 e. The van der Waals surface area contributed by atoms with Gasteiger partial charge in [-0.1, -0.05) is 199 Å². The Labute approximate surface area is 341 Å². The van der Waals surface area contributed by atoms with Gasteiger partial charge in [-0.25, -0.2) is 0 Å². The first-order chi connectivity index (χ1) is 27.0. The summed E-state index contributed by atoms with van der Waals surface area (Å²) in [6.45, 7) is 4.23. The number of esters is 1. The molecule has 0 aromatic heterocycles. The number of unbranched alkanes of at least 4 members (excludes halogenated alkanes) is 29. The zero-order valence-corrected chi connectivity index (χ0v) is 36.5. The number of aliphatic carboxylic acids is 1. The molecule has 0 heterocycles. The third kappa shape index (κ3) is 44.5. The van der Waals surface area contributed by atoms with Crippen molar-refractivity contribution in [3.8, 4) is 0 Å². The van der Waals surface area contributed by atoms with Crippen molar-refractivity contribution in [2.24, 2.45) is 0 Å². The first-order valence-corrected chi connectivity index (χ1v) is 24.0. The molecule has 0 bridgehead atoms. The highest BCUT2D eigenvalue weighted by atomic mass is 16.5. The van der Waals surface area contributed by atoms with E-state index in [2.05, 4.69) is 43.5 Å². The van der Waals surface area contributed by atoms with Gasteiger partial charge < -0.3 is 15.2 Å². The molecule has 0 aromatic rings. The van der Waals surface area contributed by atoms with Crippen LogP contribution in [0.2, 0.25) is 0 Å². The lowest BCUT2D eigenvalue weighted by Gasteiger charge is -2.18. The number of nitrogens with one attached hydrogen (secondary N) is 1. The van der Waals surface area contributed by atoms with Gasteiger partial charge in [-0.05, 0) is 70.6 Å². The summed E-state index contributed by atoms with van der Waals surface area (Å²) < 4.78 is 6.06. The predicted octanol–water partition coefficient (Wildman–Crippen LogP) is 15.1. The van der Waals surface area contributed by atoms with Crippen LogP contribution >= 0.6 is 0 Å². The fraction of sp³-hybridized carbons (Fsp3) is 0.857. The number of rotatable bonds is 44. The van der Waals surface area contributed by atoms with E-state index in [0.29, 0.717) is 12.8 Å². The van der Waals surface area contributed by atoms with E-state index in [-0.39, 0.29) is 24.5 Å². The van der Waals surface area contributed by atoms with Gasteiger partial charge in [0.25, 0.3) is 0 Å². The molecule has 0 radical (unpaired) electrons. The van der Waals surface area contributed by atoms with Crippen molar-refractivity contribution in [3.63, 3.8) is 0 Å². The van der Waals surface area contributed by atoms with Crippen LogP contribution in [0.4, 0.5) is 0 Å². The largest absolute Gasteiger partial charge is 0.480 e. The van der Waals surface area contributed by atoms with Gasteiger partial charge in [-0.3, -0.25) is 14.4 Å². The molecule has 0 aromatic carbocycles. The number of carboxylic acid groups (broad SMARTS) is 1. The molecule has 2 N–H and O–H groups in total. The third-order valence-electron chi connectivity index (χ3n) is 10.9. The molecule has 1 amide bonds. The number of amides is 1. The van der Waals surface area contributed by atoms with Crippen LogP contribution in [0.1, 0.15) is 258 Å². The second-order valence-electron chi connectivity index (χ2n) is 16.4. The predicted molar refractivity (Wildman–Crippen MR) is 236 cm³/mol. The van der Waals surface area contributed by atoms with Crippen LogP contribution in [0.5, 0.6) is 0 Å². The van der Waals surface area contributed by atoms with Gasteiger partial charge in [0, 0.05) is 12.8 Å². The van der Waals surface area contributed by atoms with Gasteiger partial charge >= 0.3 is 11.9 Å².